The van der Waals surface area contributed by atoms with Gasteiger partial charge in [0.05, 0.1) is 13.2 Å². The van der Waals surface area contributed by atoms with E-state index in [1.807, 2.05) is 0 Å². The Morgan fingerprint density at radius 3 is 2.79 bits per heavy atom. The molecule has 0 spiro atoms. The van der Waals surface area contributed by atoms with E-state index in [1.54, 1.807) is 20.8 Å². The molecular formula is C9H16O5. The minimum atomic E-state index is -1.27. The van der Waals surface area contributed by atoms with Gasteiger partial charge in [-0.2, -0.15) is 0 Å². The van der Waals surface area contributed by atoms with Crippen LogP contribution in [0.25, 0.3) is 0 Å². The summed E-state index contributed by atoms with van der Waals surface area (Å²) in [7, 11) is 0. The minimum absolute atomic E-state index is 0.201. The smallest absolute Gasteiger partial charge is 0.337 e. The highest BCUT2D eigenvalue weighted by atomic mass is 16.7. The van der Waals surface area contributed by atoms with Gasteiger partial charge in [0, 0.05) is 0 Å². The summed E-state index contributed by atoms with van der Waals surface area (Å²) in [6, 6.07) is 0. The number of ether oxygens (including phenoxy) is 3. The molecule has 1 rings (SSSR count). The van der Waals surface area contributed by atoms with Crippen molar-refractivity contribution in [3.63, 3.8) is 0 Å². The van der Waals surface area contributed by atoms with E-state index in [4.69, 9.17) is 9.47 Å². The number of hydrogen-bond donors (Lipinski definition) is 1. The van der Waals surface area contributed by atoms with Crippen LogP contribution >= 0.6 is 0 Å². The molecule has 0 saturated carbocycles. The summed E-state index contributed by atoms with van der Waals surface area (Å²) in [5, 5.41) is 9.50. The minimum Gasteiger partial charge on any atom is -0.464 e. The van der Waals surface area contributed by atoms with Crippen molar-refractivity contribution in [3.05, 3.63) is 0 Å². The number of carbonyl (C=O) groups excluding carboxylic acids is 1. The fourth-order valence-corrected chi connectivity index (χ4v) is 1.25. The second-order valence-corrected chi connectivity index (χ2v) is 3.56. The third-order valence-electron chi connectivity index (χ3n) is 1.91. The Kier molecular flexibility index (Phi) is 3.47. The zero-order chi connectivity index (χ0) is 10.8. The van der Waals surface area contributed by atoms with Gasteiger partial charge in [0.25, 0.3) is 0 Å². The van der Waals surface area contributed by atoms with Crippen molar-refractivity contribution >= 4 is 5.97 Å². The molecule has 5 nitrogen and oxygen atoms in total. The highest BCUT2D eigenvalue weighted by Crippen LogP contribution is 2.24. The van der Waals surface area contributed by atoms with Gasteiger partial charge in [0.2, 0.25) is 0 Å². The second kappa shape index (κ2) is 4.25. The lowest BCUT2D eigenvalue weighted by Gasteiger charge is -2.19. The zero-order valence-electron chi connectivity index (χ0n) is 8.65. The standard InChI is InChI=1S/C9H16O5/c1-4-12-8(11)7(10)6-5-13-9(2,3)14-6/h6-7,10H,4-5H2,1-3H3. The van der Waals surface area contributed by atoms with Gasteiger partial charge in [0.1, 0.15) is 6.10 Å². The van der Waals surface area contributed by atoms with Gasteiger partial charge in [-0.3, -0.25) is 0 Å². The van der Waals surface area contributed by atoms with Gasteiger partial charge < -0.3 is 19.3 Å². The first-order valence-electron chi connectivity index (χ1n) is 4.63. The van der Waals surface area contributed by atoms with Crippen LogP contribution in [-0.4, -0.2) is 42.3 Å². The third-order valence-corrected chi connectivity index (χ3v) is 1.91. The Hall–Kier alpha value is -0.650. The molecule has 82 valence electrons. The van der Waals surface area contributed by atoms with E-state index in [2.05, 4.69) is 4.74 Å². The molecule has 1 N–H and O–H groups in total. The van der Waals surface area contributed by atoms with E-state index in [0.29, 0.717) is 0 Å². The predicted molar refractivity (Wildman–Crippen MR) is 47.5 cm³/mol. The van der Waals surface area contributed by atoms with Crippen LogP contribution in [0.1, 0.15) is 20.8 Å². The summed E-state index contributed by atoms with van der Waals surface area (Å²) in [5.74, 6) is -1.41. The fourth-order valence-electron chi connectivity index (χ4n) is 1.25. The van der Waals surface area contributed by atoms with E-state index in [9.17, 15) is 9.90 Å². The van der Waals surface area contributed by atoms with Crippen molar-refractivity contribution in [2.45, 2.75) is 38.8 Å². The molecule has 0 amide bonds. The van der Waals surface area contributed by atoms with Gasteiger partial charge in [0.15, 0.2) is 11.9 Å². The molecule has 0 aromatic carbocycles. The number of carbonyl (C=O) groups is 1. The molecule has 0 aromatic heterocycles. The topological polar surface area (TPSA) is 65.0 Å². The molecule has 5 heteroatoms. The number of aliphatic hydroxyl groups excluding tert-OH is 1. The summed E-state index contributed by atoms with van der Waals surface area (Å²) >= 11 is 0. The van der Waals surface area contributed by atoms with Crippen LogP contribution in [0.5, 0.6) is 0 Å². The summed E-state index contributed by atoms with van der Waals surface area (Å²) in [4.78, 5) is 11.1. The summed E-state index contributed by atoms with van der Waals surface area (Å²) in [6.07, 6.45) is -1.90. The molecule has 1 heterocycles. The fraction of sp³-hybridized carbons (Fsp3) is 0.889. The quantitative estimate of drug-likeness (QED) is 0.659. The lowest BCUT2D eigenvalue weighted by Crippen LogP contribution is -2.38. The average molecular weight is 204 g/mol. The van der Waals surface area contributed by atoms with E-state index in [1.165, 1.54) is 0 Å². The molecule has 0 bridgehead atoms. The van der Waals surface area contributed by atoms with Crippen LogP contribution in [0, 0.1) is 0 Å². The van der Waals surface area contributed by atoms with Crippen LogP contribution < -0.4 is 0 Å². The van der Waals surface area contributed by atoms with Crippen LogP contribution in [0.4, 0.5) is 0 Å². The van der Waals surface area contributed by atoms with E-state index in [-0.39, 0.29) is 13.2 Å². The number of esters is 1. The SMILES string of the molecule is CCOC(=O)C(O)C1COC(C)(C)O1. The highest BCUT2D eigenvalue weighted by Gasteiger charge is 2.40. The van der Waals surface area contributed by atoms with Gasteiger partial charge in [-0.15, -0.1) is 0 Å². The van der Waals surface area contributed by atoms with Gasteiger partial charge in [-0.25, -0.2) is 4.79 Å². The van der Waals surface area contributed by atoms with Gasteiger partial charge in [-0.1, -0.05) is 0 Å². The molecule has 1 fully saturated rings. The van der Waals surface area contributed by atoms with Crippen molar-refractivity contribution in [1.29, 1.82) is 0 Å². The molecule has 2 atom stereocenters. The largest absolute Gasteiger partial charge is 0.464 e. The van der Waals surface area contributed by atoms with Crippen molar-refractivity contribution in [2.24, 2.45) is 0 Å². The molecule has 0 aromatic rings. The Labute approximate surface area is 82.9 Å². The van der Waals surface area contributed by atoms with Crippen molar-refractivity contribution in [3.8, 4) is 0 Å². The van der Waals surface area contributed by atoms with Crippen molar-refractivity contribution < 1.29 is 24.1 Å². The predicted octanol–water partition coefficient (Wildman–Crippen LogP) is 0.0619. The second-order valence-electron chi connectivity index (χ2n) is 3.56. The maximum Gasteiger partial charge on any atom is 0.337 e. The Balaban J connectivity index is 2.46. The Morgan fingerprint density at radius 2 is 2.36 bits per heavy atom. The number of aliphatic hydroxyl groups is 1. The first-order chi connectivity index (χ1) is 6.46. The molecule has 0 aliphatic carbocycles. The van der Waals surface area contributed by atoms with Crippen LogP contribution in [0.3, 0.4) is 0 Å². The van der Waals surface area contributed by atoms with E-state index < -0.39 is 24.0 Å². The molecule has 2 unspecified atom stereocenters. The average Bonchev–Trinajstić information content (AvgIpc) is 2.45. The van der Waals surface area contributed by atoms with Gasteiger partial charge in [-0.05, 0) is 20.8 Å². The number of hydrogen-bond acceptors (Lipinski definition) is 5. The maximum absolute atomic E-state index is 11.1. The van der Waals surface area contributed by atoms with E-state index >= 15 is 0 Å². The van der Waals surface area contributed by atoms with E-state index in [0.717, 1.165) is 0 Å². The molecule has 1 aliphatic rings. The summed E-state index contributed by atoms with van der Waals surface area (Å²) in [6.45, 7) is 5.58. The Morgan fingerprint density at radius 1 is 1.71 bits per heavy atom. The summed E-state index contributed by atoms with van der Waals surface area (Å²) in [5.41, 5.74) is 0. The maximum atomic E-state index is 11.1. The third kappa shape index (κ3) is 2.67. The lowest BCUT2D eigenvalue weighted by molar-refractivity contribution is -0.172. The molecule has 0 radical (unpaired) electrons. The molecular weight excluding hydrogens is 188 g/mol. The molecule has 14 heavy (non-hydrogen) atoms. The van der Waals surface area contributed by atoms with Crippen LogP contribution in [0.2, 0.25) is 0 Å². The molecule has 1 saturated heterocycles. The van der Waals surface area contributed by atoms with Crippen molar-refractivity contribution in [2.75, 3.05) is 13.2 Å². The van der Waals surface area contributed by atoms with Crippen LogP contribution in [0.15, 0.2) is 0 Å². The first-order valence-corrected chi connectivity index (χ1v) is 4.63. The Bertz CT molecular complexity index is 213. The van der Waals surface area contributed by atoms with Crippen LogP contribution in [-0.2, 0) is 19.0 Å². The monoisotopic (exact) mass is 204 g/mol. The molecule has 1 aliphatic heterocycles. The van der Waals surface area contributed by atoms with Crippen molar-refractivity contribution in [1.82, 2.24) is 0 Å². The first kappa shape index (κ1) is 11.4. The lowest BCUT2D eigenvalue weighted by atomic mass is 10.2. The summed E-state index contributed by atoms with van der Waals surface area (Å²) < 4.78 is 15.2. The number of rotatable bonds is 3. The highest BCUT2D eigenvalue weighted by molar-refractivity contribution is 5.75. The van der Waals surface area contributed by atoms with Gasteiger partial charge >= 0.3 is 5.97 Å². The zero-order valence-corrected chi connectivity index (χ0v) is 8.65. The normalized spacial score (nSPS) is 27.3.